The van der Waals surface area contributed by atoms with E-state index in [1.807, 2.05) is 0 Å². The minimum Gasteiger partial charge on any atom is -0.493 e. The molecule has 1 unspecified atom stereocenters. The van der Waals surface area contributed by atoms with Gasteiger partial charge < -0.3 is 20.3 Å². The van der Waals surface area contributed by atoms with Gasteiger partial charge in [0.2, 0.25) is 0 Å². The molecule has 1 aromatic rings. The van der Waals surface area contributed by atoms with Gasteiger partial charge in [-0.1, -0.05) is 0 Å². The first-order valence-electron chi connectivity index (χ1n) is 5.00. The van der Waals surface area contributed by atoms with Crippen molar-refractivity contribution in [3.05, 3.63) is 21.9 Å². The maximum atomic E-state index is 14.1. The number of hydrogen-bond acceptors (Lipinski definition) is 4. The zero-order valence-corrected chi connectivity index (χ0v) is 11.5. The van der Waals surface area contributed by atoms with Gasteiger partial charge in [-0.3, -0.25) is 4.79 Å². The van der Waals surface area contributed by atoms with E-state index >= 15 is 0 Å². The van der Waals surface area contributed by atoms with Crippen molar-refractivity contribution in [1.82, 2.24) is 0 Å². The van der Waals surface area contributed by atoms with E-state index in [9.17, 15) is 9.18 Å². The highest BCUT2D eigenvalue weighted by Gasteiger charge is 2.29. The number of hydrogen-bond donors (Lipinski definition) is 2. The van der Waals surface area contributed by atoms with Crippen LogP contribution in [-0.4, -0.2) is 31.8 Å². The smallest absolute Gasteiger partial charge is 0.312 e. The first-order valence-corrected chi connectivity index (χ1v) is 5.79. The number of methoxy groups -OCH3 is 2. The Kier molecular flexibility index (Phi) is 4.92. The second kappa shape index (κ2) is 6.01. The van der Waals surface area contributed by atoms with E-state index in [2.05, 4.69) is 15.9 Å². The number of carboxylic acid groups (broad SMARTS) is 1. The van der Waals surface area contributed by atoms with E-state index in [4.69, 9.17) is 20.3 Å². The number of rotatable bonds is 5. The summed E-state index contributed by atoms with van der Waals surface area (Å²) in [5, 5.41) is 9.07. The van der Waals surface area contributed by atoms with Crippen molar-refractivity contribution in [2.45, 2.75) is 5.92 Å². The molecule has 0 saturated heterocycles. The molecular formula is C11H13BrFNO4. The quantitative estimate of drug-likeness (QED) is 0.863. The molecule has 0 fully saturated rings. The maximum absolute atomic E-state index is 14.1. The van der Waals surface area contributed by atoms with Gasteiger partial charge in [-0.2, -0.15) is 0 Å². The fraction of sp³-hybridized carbons (Fsp3) is 0.364. The number of carboxylic acids is 1. The molecule has 0 saturated carbocycles. The molecule has 0 aliphatic rings. The molecular weight excluding hydrogens is 309 g/mol. The number of ether oxygens (including phenoxy) is 2. The van der Waals surface area contributed by atoms with Crippen LogP contribution in [0.3, 0.4) is 0 Å². The van der Waals surface area contributed by atoms with Gasteiger partial charge in [0.1, 0.15) is 11.7 Å². The summed E-state index contributed by atoms with van der Waals surface area (Å²) in [6.07, 6.45) is 0. The molecule has 1 atom stereocenters. The van der Waals surface area contributed by atoms with Crippen LogP contribution in [0.4, 0.5) is 4.39 Å². The topological polar surface area (TPSA) is 81.8 Å². The van der Waals surface area contributed by atoms with Gasteiger partial charge in [0.15, 0.2) is 11.5 Å². The van der Waals surface area contributed by atoms with Crippen LogP contribution in [0.5, 0.6) is 11.5 Å². The minimum atomic E-state index is -1.23. The molecule has 18 heavy (non-hydrogen) atoms. The molecule has 1 aromatic carbocycles. The molecule has 0 heterocycles. The van der Waals surface area contributed by atoms with Gasteiger partial charge in [0, 0.05) is 12.6 Å². The second-order valence-corrected chi connectivity index (χ2v) is 4.30. The molecule has 7 heteroatoms. The predicted octanol–water partition coefficient (Wildman–Crippen LogP) is 1.73. The standard InChI is InChI=1S/C11H13BrFNO4/c1-17-7-3-6(12)9(13)8(10(7)18-2)5(4-14)11(15)16/h3,5H,4,14H2,1-2H3,(H,15,16). The van der Waals surface area contributed by atoms with E-state index in [1.165, 1.54) is 20.3 Å². The number of nitrogens with two attached hydrogens (primary N) is 1. The number of carbonyl (C=O) groups is 1. The molecule has 0 aliphatic heterocycles. The first kappa shape index (κ1) is 14.7. The van der Waals surface area contributed by atoms with Gasteiger partial charge in [-0.05, 0) is 15.9 Å². The van der Waals surface area contributed by atoms with Crippen molar-refractivity contribution in [2.24, 2.45) is 5.73 Å². The molecule has 0 spiro atoms. The number of halogens is 2. The fourth-order valence-corrected chi connectivity index (χ4v) is 2.04. The summed E-state index contributed by atoms with van der Waals surface area (Å²) in [6.45, 7) is -0.248. The third-order valence-corrected chi connectivity index (χ3v) is 3.06. The summed E-state index contributed by atoms with van der Waals surface area (Å²) in [5.41, 5.74) is 5.25. The number of benzene rings is 1. The van der Waals surface area contributed by atoms with Crippen molar-refractivity contribution in [1.29, 1.82) is 0 Å². The minimum absolute atomic E-state index is 0.0380. The average molecular weight is 322 g/mol. The molecule has 0 amide bonds. The molecule has 0 aromatic heterocycles. The van der Waals surface area contributed by atoms with Crippen molar-refractivity contribution < 1.29 is 23.8 Å². The number of aliphatic carboxylic acids is 1. The van der Waals surface area contributed by atoms with E-state index in [0.717, 1.165) is 0 Å². The van der Waals surface area contributed by atoms with Crippen molar-refractivity contribution in [3.63, 3.8) is 0 Å². The first-order chi connectivity index (χ1) is 8.47. The Morgan fingerprint density at radius 3 is 2.56 bits per heavy atom. The van der Waals surface area contributed by atoms with Gasteiger partial charge in [0.25, 0.3) is 0 Å². The predicted molar refractivity (Wildman–Crippen MR) is 66.6 cm³/mol. The lowest BCUT2D eigenvalue weighted by Crippen LogP contribution is -2.23. The zero-order valence-electron chi connectivity index (χ0n) is 9.87. The SMILES string of the molecule is COc1cc(Br)c(F)c(C(CN)C(=O)O)c1OC. The van der Waals surface area contributed by atoms with Gasteiger partial charge in [0.05, 0.1) is 24.3 Å². The Morgan fingerprint density at radius 1 is 1.56 bits per heavy atom. The van der Waals surface area contributed by atoms with Gasteiger partial charge in [-0.15, -0.1) is 0 Å². The highest BCUT2D eigenvalue weighted by Crippen LogP contribution is 2.41. The molecule has 3 N–H and O–H groups in total. The summed E-state index contributed by atoms with van der Waals surface area (Å²) in [4.78, 5) is 11.1. The van der Waals surface area contributed by atoms with E-state index in [-0.39, 0.29) is 28.1 Å². The molecule has 0 aliphatic carbocycles. The van der Waals surface area contributed by atoms with E-state index in [0.29, 0.717) is 0 Å². The van der Waals surface area contributed by atoms with Crippen LogP contribution < -0.4 is 15.2 Å². The molecule has 1 rings (SSSR count). The Morgan fingerprint density at radius 2 is 2.17 bits per heavy atom. The highest BCUT2D eigenvalue weighted by atomic mass is 79.9. The second-order valence-electron chi connectivity index (χ2n) is 3.45. The Labute approximate surface area is 112 Å². The monoisotopic (exact) mass is 321 g/mol. The fourth-order valence-electron chi connectivity index (χ4n) is 1.62. The zero-order chi connectivity index (χ0) is 13.9. The normalized spacial score (nSPS) is 12.1. The van der Waals surface area contributed by atoms with E-state index in [1.54, 1.807) is 0 Å². The van der Waals surface area contributed by atoms with Crippen LogP contribution in [0.15, 0.2) is 10.5 Å². The van der Waals surface area contributed by atoms with Crippen molar-refractivity contribution in [3.8, 4) is 11.5 Å². The summed E-state index contributed by atoms with van der Waals surface area (Å²) >= 11 is 3.00. The van der Waals surface area contributed by atoms with Crippen molar-refractivity contribution >= 4 is 21.9 Å². The Hall–Kier alpha value is -1.34. The largest absolute Gasteiger partial charge is 0.493 e. The molecule has 0 bridgehead atoms. The Bertz CT molecular complexity index is 467. The average Bonchev–Trinajstić information content (AvgIpc) is 2.34. The van der Waals surface area contributed by atoms with Gasteiger partial charge in [-0.25, -0.2) is 4.39 Å². The van der Waals surface area contributed by atoms with Crippen LogP contribution in [0.25, 0.3) is 0 Å². The molecule has 0 radical (unpaired) electrons. The van der Waals surface area contributed by atoms with Crippen LogP contribution >= 0.6 is 15.9 Å². The van der Waals surface area contributed by atoms with Crippen LogP contribution in [0.2, 0.25) is 0 Å². The third-order valence-electron chi connectivity index (χ3n) is 2.48. The van der Waals surface area contributed by atoms with Crippen LogP contribution in [0, 0.1) is 5.82 Å². The summed E-state index contributed by atoms with van der Waals surface area (Å²) in [7, 11) is 2.69. The molecule has 100 valence electrons. The van der Waals surface area contributed by atoms with Crippen molar-refractivity contribution in [2.75, 3.05) is 20.8 Å². The van der Waals surface area contributed by atoms with Crippen LogP contribution in [-0.2, 0) is 4.79 Å². The summed E-state index contributed by atoms with van der Waals surface area (Å²) in [5.74, 6) is -2.87. The maximum Gasteiger partial charge on any atom is 0.312 e. The Balaban J connectivity index is 3.57. The lowest BCUT2D eigenvalue weighted by molar-refractivity contribution is -0.138. The summed E-state index contributed by atoms with van der Waals surface area (Å²) in [6, 6.07) is 1.37. The molecule has 5 nitrogen and oxygen atoms in total. The third kappa shape index (κ3) is 2.56. The van der Waals surface area contributed by atoms with Gasteiger partial charge >= 0.3 is 5.97 Å². The van der Waals surface area contributed by atoms with Crippen LogP contribution in [0.1, 0.15) is 11.5 Å². The van der Waals surface area contributed by atoms with E-state index < -0.39 is 17.7 Å². The highest BCUT2D eigenvalue weighted by molar-refractivity contribution is 9.10. The summed E-state index contributed by atoms with van der Waals surface area (Å²) < 4.78 is 24.2. The lowest BCUT2D eigenvalue weighted by atomic mass is 9.97. The lowest BCUT2D eigenvalue weighted by Gasteiger charge is -2.18.